The molecule has 0 spiro atoms. The Morgan fingerprint density at radius 3 is 2.17 bits per heavy atom. The van der Waals surface area contributed by atoms with Crippen LogP contribution in [-0.4, -0.2) is 18.0 Å². The number of amides is 2. The number of hydrazone groups is 1. The van der Waals surface area contributed by atoms with Crippen LogP contribution in [0.15, 0.2) is 41.5 Å². The van der Waals surface area contributed by atoms with E-state index in [9.17, 15) is 9.59 Å². The number of anilines is 1. The maximum Gasteiger partial charge on any atom is 0.329 e. The first-order valence-electron chi connectivity index (χ1n) is 7.03. The summed E-state index contributed by atoms with van der Waals surface area (Å²) in [5.41, 5.74) is 5.10. The van der Waals surface area contributed by atoms with Crippen molar-refractivity contribution in [2.24, 2.45) is 5.10 Å². The predicted octanol–water partition coefficient (Wildman–Crippen LogP) is 3.70. The Kier molecular flexibility index (Phi) is 5.95. The molecule has 0 saturated heterocycles. The highest BCUT2D eigenvalue weighted by atomic mass is 35.5. The van der Waals surface area contributed by atoms with Crippen LogP contribution in [0.25, 0.3) is 0 Å². The molecule has 0 atom stereocenters. The number of nitrogens with zero attached hydrogens (tertiary/aromatic N) is 1. The molecule has 0 aliphatic carbocycles. The van der Waals surface area contributed by atoms with Gasteiger partial charge >= 0.3 is 11.8 Å². The van der Waals surface area contributed by atoms with Crippen molar-refractivity contribution in [3.8, 4) is 0 Å². The minimum Gasteiger partial charge on any atom is -0.318 e. The SMILES string of the molecule is Cc1cc(C)cc(NC(=O)C(=O)N/N=C\c2c(Cl)cccc2Cl)c1. The first kappa shape index (κ1) is 18.0. The Labute approximate surface area is 149 Å². The Morgan fingerprint density at radius 1 is 1.00 bits per heavy atom. The highest BCUT2D eigenvalue weighted by Crippen LogP contribution is 2.22. The summed E-state index contributed by atoms with van der Waals surface area (Å²) in [7, 11) is 0. The lowest BCUT2D eigenvalue weighted by atomic mass is 10.1. The Bertz CT molecular complexity index is 779. The van der Waals surface area contributed by atoms with Crippen molar-refractivity contribution in [1.82, 2.24) is 5.43 Å². The Morgan fingerprint density at radius 2 is 1.58 bits per heavy atom. The highest BCUT2D eigenvalue weighted by Gasteiger charge is 2.13. The lowest BCUT2D eigenvalue weighted by Gasteiger charge is -2.06. The summed E-state index contributed by atoms with van der Waals surface area (Å²) in [4.78, 5) is 23.6. The molecule has 124 valence electrons. The second-order valence-corrected chi connectivity index (χ2v) is 5.98. The van der Waals surface area contributed by atoms with Crippen molar-refractivity contribution in [1.29, 1.82) is 0 Å². The summed E-state index contributed by atoms with van der Waals surface area (Å²) in [5.74, 6) is -1.71. The third kappa shape index (κ3) is 4.81. The van der Waals surface area contributed by atoms with Gasteiger partial charge in [0, 0.05) is 11.3 Å². The Balaban J connectivity index is 1.99. The molecular weight excluding hydrogens is 349 g/mol. The van der Waals surface area contributed by atoms with E-state index in [1.54, 1.807) is 30.3 Å². The third-order valence-corrected chi connectivity index (χ3v) is 3.70. The van der Waals surface area contributed by atoms with Crippen LogP contribution in [-0.2, 0) is 9.59 Å². The summed E-state index contributed by atoms with van der Waals surface area (Å²) in [6, 6.07) is 10.5. The molecular formula is C17H15Cl2N3O2. The van der Waals surface area contributed by atoms with Gasteiger partial charge in [0.1, 0.15) is 0 Å². The van der Waals surface area contributed by atoms with Crippen LogP contribution in [0.5, 0.6) is 0 Å². The minimum absolute atomic E-state index is 0.389. The van der Waals surface area contributed by atoms with Gasteiger partial charge in [-0.1, -0.05) is 35.3 Å². The van der Waals surface area contributed by atoms with Crippen molar-refractivity contribution < 1.29 is 9.59 Å². The summed E-state index contributed by atoms with van der Waals surface area (Å²) in [6.45, 7) is 3.81. The second kappa shape index (κ2) is 7.95. The fraction of sp³-hybridized carbons (Fsp3) is 0.118. The van der Waals surface area contributed by atoms with Crippen LogP contribution >= 0.6 is 23.2 Å². The van der Waals surface area contributed by atoms with Crippen molar-refractivity contribution in [3.05, 3.63) is 63.1 Å². The van der Waals surface area contributed by atoms with Crippen LogP contribution in [0.4, 0.5) is 5.69 Å². The van der Waals surface area contributed by atoms with E-state index in [2.05, 4.69) is 15.8 Å². The van der Waals surface area contributed by atoms with E-state index in [0.717, 1.165) is 11.1 Å². The van der Waals surface area contributed by atoms with Gasteiger partial charge in [0.15, 0.2) is 0 Å². The molecule has 2 aromatic carbocycles. The maximum atomic E-state index is 11.9. The first-order valence-corrected chi connectivity index (χ1v) is 7.79. The number of carbonyl (C=O) groups excluding carboxylic acids is 2. The molecule has 0 aliphatic rings. The van der Waals surface area contributed by atoms with Gasteiger partial charge in [-0.3, -0.25) is 9.59 Å². The molecule has 2 aromatic rings. The van der Waals surface area contributed by atoms with Crippen molar-refractivity contribution in [2.45, 2.75) is 13.8 Å². The van der Waals surface area contributed by atoms with E-state index in [0.29, 0.717) is 21.3 Å². The molecule has 0 radical (unpaired) electrons. The number of rotatable bonds is 3. The average molecular weight is 364 g/mol. The maximum absolute atomic E-state index is 11.9. The van der Waals surface area contributed by atoms with Gasteiger partial charge < -0.3 is 5.32 Å². The van der Waals surface area contributed by atoms with E-state index in [1.807, 2.05) is 19.9 Å². The van der Waals surface area contributed by atoms with Crippen LogP contribution in [0, 0.1) is 13.8 Å². The molecule has 0 saturated carbocycles. The summed E-state index contributed by atoms with van der Waals surface area (Å²) >= 11 is 12.0. The number of benzene rings is 2. The largest absolute Gasteiger partial charge is 0.329 e. The standard InChI is InChI=1S/C17H15Cl2N3O2/c1-10-6-11(2)8-12(7-10)21-16(23)17(24)22-20-9-13-14(18)4-3-5-15(13)19/h3-9H,1-2H3,(H,21,23)(H,22,24)/b20-9-. The third-order valence-electron chi connectivity index (χ3n) is 3.05. The van der Waals surface area contributed by atoms with Gasteiger partial charge in [-0.15, -0.1) is 0 Å². The fourth-order valence-corrected chi connectivity index (χ4v) is 2.57. The molecule has 0 heterocycles. The molecule has 0 aromatic heterocycles. The van der Waals surface area contributed by atoms with Crippen LogP contribution in [0.3, 0.4) is 0 Å². The molecule has 5 nitrogen and oxygen atoms in total. The number of aryl methyl sites for hydroxylation is 2. The number of nitrogens with one attached hydrogen (secondary N) is 2. The van der Waals surface area contributed by atoms with E-state index in [1.165, 1.54) is 6.21 Å². The smallest absolute Gasteiger partial charge is 0.318 e. The lowest BCUT2D eigenvalue weighted by molar-refractivity contribution is -0.136. The van der Waals surface area contributed by atoms with Gasteiger partial charge in [0.25, 0.3) is 0 Å². The zero-order valence-corrected chi connectivity index (χ0v) is 14.6. The van der Waals surface area contributed by atoms with E-state index >= 15 is 0 Å². The van der Waals surface area contributed by atoms with E-state index in [-0.39, 0.29) is 0 Å². The van der Waals surface area contributed by atoms with E-state index in [4.69, 9.17) is 23.2 Å². The minimum atomic E-state index is -0.895. The molecule has 2 rings (SSSR count). The molecule has 0 unspecified atom stereocenters. The van der Waals surface area contributed by atoms with Gasteiger partial charge in [0.2, 0.25) is 0 Å². The topological polar surface area (TPSA) is 70.6 Å². The van der Waals surface area contributed by atoms with Crippen molar-refractivity contribution in [3.63, 3.8) is 0 Å². The van der Waals surface area contributed by atoms with E-state index < -0.39 is 11.8 Å². The molecule has 2 N–H and O–H groups in total. The van der Waals surface area contributed by atoms with Gasteiger partial charge in [-0.05, 0) is 49.2 Å². The van der Waals surface area contributed by atoms with Gasteiger partial charge in [-0.25, -0.2) is 5.43 Å². The molecule has 2 amide bonds. The quantitative estimate of drug-likeness (QED) is 0.495. The summed E-state index contributed by atoms with van der Waals surface area (Å²) in [6.07, 6.45) is 1.28. The van der Waals surface area contributed by atoms with Crippen molar-refractivity contribution in [2.75, 3.05) is 5.32 Å². The normalized spacial score (nSPS) is 10.7. The zero-order chi connectivity index (χ0) is 17.7. The number of hydrogen-bond donors (Lipinski definition) is 2. The zero-order valence-electron chi connectivity index (χ0n) is 13.1. The summed E-state index contributed by atoms with van der Waals surface area (Å²) < 4.78 is 0. The number of halogens is 2. The Hall–Kier alpha value is -2.37. The molecule has 24 heavy (non-hydrogen) atoms. The monoisotopic (exact) mass is 363 g/mol. The first-order chi connectivity index (χ1) is 11.4. The molecule has 7 heteroatoms. The second-order valence-electron chi connectivity index (χ2n) is 5.16. The van der Waals surface area contributed by atoms with Gasteiger partial charge in [-0.2, -0.15) is 5.10 Å². The number of hydrogen-bond acceptors (Lipinski definition) is 3. The van der Waals surface area contributed by atoms with Crippen LogP contribution in [0.1, 0.15) is 16.7 Å². The molecule has 0 bridgehead atoms. The predicted molar refractivity (Wildman–Crippen MR) is 96.7 cm³/mol. The average Bonchev–Trinajstić information content (AvgIpc) is 2.49. The molecule has 0 aliphatic heterocycles. The van der Waals surface area contributed by atoms with Crippen LogP contribution < -0.4 is 10.7 Å². The lowest BCUT2D eigenvalue weighted by Crippen LogP contribution is -2.32. The number of carbonyl (C=O) groups is 2. The highest BCUT2D eigenvalue weighted by molar-refractivity contribution is 6.40. The fourth-order valence-electron chi connectivity index (χ4n) is 2.07. The van der Waals surface area contributed by atoms with Crippen molar-refractivity contribution >= 4 is 46.9 Å². The van der Waals surface area contributed by atoms with Crippen LogP contribution in [0.2, 0.25) is 10.0 Å². The molecule has 0 fully saturated rings. The summed E-state index contributed by atoms with van der Waals surface area (Å²) in [5, 5.41) is 7.00. The van der Waals surface area contributed by atoms with Gasteiger partial charge in [0.05, 0.1) is 16.3 Å².